The molecule has 1 aromatic carbocycles. The highest BCUT2D eigenvalue weighted by molar-refractivity contribution is 14.1. The molecule has 1 aromatic rings. The van der Waals surface area contributed by atoms with Gasteiger partial charge in [0.1, 0.15) is 0 Å². The summed E-state index contributed by atoms with van der Waals surface area (Å²) in [6, 6.07) is 7.61. The van der Waals surface area contributed by atoms with Crippen molar-refractivity contribution in [1.29, 1.82) is 0 Å². The van der Waals surface area contributed by atoms with Crippen molar-refractivity contribution >= 4 is 28.7 Å². The number of rotatable bonds is 3. The summed E-state index contributed by atoms with van der Waals surface area (Å²) in [5.74, 6) is 0. The third kappa shape index (κ3) is 3.10. The zero-order chi connectivity index (χ0) is 10.6. The molecule has 0 aliphatic rings. The van der Waals surface area contributed by atoms with Crippen molar-refractivity contribution in [3.8, 4) is 0 Å². The first-order valence-electron chi connectivity index (χ1n) is 4.24. The normalized spacial score (nSPS) is 11.4. The van der Waals surface area contributed by atoms with Crippen LogP contribution < -0.4 is 0 Å². The molecule has 0 fully saturated rings. The summed E-state index contributed by atoms with van der Waals surface area (Å²) >= 11 is 2.20. The van der Waals surface area contributed by atoms with Gasteiger partial charge in [-0.05, 0) is 40.3 Å². The summed E-state index contributed by atoms with van der Waals surface area (Å²) in [7, 11) is 0. The van der Waals surface area contributed by atoms with Gasteiger partial charge < -0.3 is 0 Å². The van der Waals surface area contributed by atoms with Crippen LogP contribution in [0.15, 0.2) is 30.0 Å². The van der Waals surface area contributed by atoms with Crippen molar-refractivity contribution in [3.05, 3.63) is 49.2 Å². The first kappa shape index (κ1) is 11.2. The molecule has 3 nitrogen and oxygen atoms in total. The highest BCUT2D eigenvalue weighted by Crippen LogP contribution is 2.12. The van der Waals surface area contributed by atoms with Crippen molar-refractivity contribution in [2.75, 3.05) is 0 Å². The summed E-state index contributed by atoms with van der Waals surface area (Å²) in [4.78, 5) is 10.2. The monoisotopic (exact) mass is 303 g/mol. The van der Waals surface area contributed by atoms with Crippen LogP contribution in [0.3, 0.4) is 0 Å². The number of hydrogen-bond donors (Lipinski definition) is 0. The van der Waals surface area contributed by atoms with Crippen molar-refractivity contribution < 1.29 is 4.92 Å². The molecule has 0 bridgehead atoms. The molecule has 74 valence electrons. The lowest BCUT2D eigenvalue weighted by Gasteiger charge is -1.95. The van der Waals surface area contributed by atoms with E-state index in [0.717, 1.165) is 9.13 Å². The predicted octanol–water partition coefficient (Wildman–Crippen LogP) is 3.32. The maximum atomic E-state index is 10.5. The van der Waals surface area contributed by atoms with Crippen LogP contribution in [-0.4, -0.2) is 4.92 Å². The molecular weight excluding hydrogens is 293 g/mol. The predicted molar refractivity (Wildman–Crippen MR) is 64.4 cm³/mol. The molecule has 0 N–H and O–H groups in total. The zero-order valence-corrected chi connectivity index (χ0v) is 9.89. The Morgan fingerprint density at radius 3 is 2.50 bits per heavy atom. The van der Waals surface area contributed by atoms with E-state index in [-0.39, 0.29) is 10.6 Å². The minimum absolute atomic E-state index is 0.242. The first-order chi connectivity index (χ1) is 6.63. The minimum Gasteiger partial charge on any atom is -0.259 e. The van der Waals surface area contributed by atoms with Crippen LogP contribution in [-0.2, 0) is 0 Å². The lowest BCUT2D eigenvalue weighted by Crippen LogP contribution is -1.96. The van der Waals surface area contributed by atoms with Crippen molar-refractivity contribution in [2.24, 2.45) is 0 Å². The molecule has 1 rings (SSSR count). The summed E-state index contributed by atoms with van der Waals surface area (Å²) in [6.07, 6.45) is 2.05. The van der Waals surface area contributed by atoms with Gasteiger partial charge in [0.2, 0.25) is 5.70 Å². The standard InChI is InChI=1S/C10H10INO2/c1-2-10(12(13)14)7-8-3-5-9(11)6-4-8/h3-7H,2H2,1H3/b10-7-. The number of nitro groups is 1. The highest BCUT2D eigenvalue weighted by Gasteiger charge is 2.06. The zero-order valence-electron chi connectivity index (χ0n) is 7.74. The van der Waals surface area contributed by atoms with E-state index in [1.807, 2.05) is 24.3 Å². The highest BCUT2D eigenvalue weighted by atomic mass is 127. The van der Waals surface area contributed by atoms with Gasteiger partial charge in [-0.1, -0.05) is 19.1 Å². The average Bonchev–Trinajstić information content (AvgIpc) is 2.16. The minimum atomic E-state index is -0.335. The Bertz CT molecular complexity index is 357. The number of nitrogens with zero attached hydrogens (tertiary/aromatic N) is 1. The third-order valence-corrected chi connectivity index (χ3v) is 2.52. The van der Waals surface area contributed by atoms with Crippen LogP contribution in [0.4, 0.5) is 0 Å². The first-order valence-corrected chi connectivity index (χ1v) is 5.32. The molecule has 0 spiro atoms. The Balaban J connectivity index is 2.95. The van der Waals surface area contributed by atoms with Crippen LogP contribution in [0, 0.1) is 13.7 Å². The van der Waals surface area contributed by atoms with Gasteiger partial charge in [-0.15, -0.1) is 0 Å². The molecule has 0 amide bonds. The summed E-state index contributed by atoms with van der Waals surface area (Å²) < 4.78 is 1.12. The molecular formula is C10H10INO2. The second-order valence-electron chi connectivity index (χ2n) is 2.80. The maximum Gasteiger partial charge on any atom is 0.246 e. The van der Waals surface area contributed by atoms with E-state index < -0.39 is 0 Å². The van der Waals surface area contributed by atoms with E-state index in [0.29, 0.717) is 6.42 Å². The Labute approximate surface area is 96.1 Å². The van der Waals surface area contributed by atoms with Crippen molar-refractivity contribution in [2.45, 2.75) is 13.3 Å². The van der Waals surface area contributed by atoms with E-state index in [9.17, 15) is 10.1 Å². The molecule has 0 unspecified atom stereocenters. The molecule has 0 aromatic heterocycles. The van der Waals surface area contributed by atoms with Gasteiger partial charge in [0, 0.05) is 16.1 Å². The molecule has 14 heavy (non-hydrogen) atoms. The van der Waals surface area contributed by atoms with Crippen LogP contribution in [0.1, 0.15) is 18.9 Å². The van der Waals surface area contributed by atoms with Crippen LogP contribution in [0.25, 0.3) is 6.08 Å². The molecule has 0 radical (unpaired) electrons. The number of halogens is 1. The van der Waals surface area contributed by atoms with E-state index >= 15 is 0 Å². The molecule has 0 aliphatic heterocycles. The second-order valence-corrected chi connectivity index (χ2v) is 4.04. The van der Waals surface area contributed by atoms with Crippen molar-refractivity contribution in [3.63, 3.8) is 0 Å². The van der Waals surface area contributed by atoms with Crippen LogP contribution >= 0.6 is 22.6 Å². The Hall–Kier alpha value is -0.910. The van der Waals surface area contributed by atoms with E-state index in [1.54, 1.807) is 13.0 Å². The van der Waals surface area contributed by atoms with Gasteiger partial charge in [-0.3, -0.25) is 10.1 Å². The Morgan fingerprint density at radius 1 is 1.50 bits per heavy atom. The maximum absolute atomic E-state index is 10.5. The van der Waals surface area contributed by atoms with Gasteiger partial charge >= 0.3 is 0 Å². The number of benzene rings is 1. The lowest BCUT2D eigenvalue weighted by atomic mass is 10.2. The molecule has 0 atom stereocenters. The summed E-state index contributed by atoms with van der Waals surface area (Å²) in [5, 5.41) is 10.5. The molecule has 0 aliphatic carbocycles. The largest absolute Gasteiger partial charge is 0.259 e. The fourth-order valence-electron chi connectivity index (χ4n) is 1.04. The molecule has 0 heterocycles. The second kappa shape index (κ2) is 5.09. The van der Waals surface area contributed by atoms with E-state index in [1.165, 1.54) is 0 Å². The lowest BCUT2D eigenvalue weighted by molar-refractivity contribution is -0.425. The van der Waals surface area contributed by atoms with Crippen LogP contribution in [0.2, 0.25) is 0 Å². The van der Waals surface area contributed by atoms with Gasteiger partial charge in [-0.25, -0.2) is 0 Å². The van der Waals surface area contributed by atoms with E-state index in [2.05, 4.69) is 22.6 Å². The Kier molecular flexibility index (Phi) is 4.06. The Morgan fingerprint density at radius 2 is 2.07 bits per heavy atom. The molecule has 0 saturated heterocycles. The SMILES string of the molecule is CC/C(=C/c1ccc(I)cc1)[N+](=O)[O-]. The van der Waals surface area contributed by atoms with Gasteiger partial charge in [0.05, 0.1) is 4.92 Å². The molecule has 0 saturated carbocycles. The van der Waals surface area contributed by atoms with Crippen molar-refractivity contribution in [1.82, 2.24) is 0 Å². The number of hydrogen-bond acceptors (Lipinski definition) is 2. The number of allylic oxidation sites excluding steroid dienone is 1. The quantitative estimate of drug-likeness (QED) is 0.488. The third-order valence-electron chi connectivity index (χ3n) is 1.80. The fraction of sp³-hybridized carbons (Fsp3) is 0.200. The fourth-order valence-corrected chi connectivity index (χ4v) is 1.39. The average molecular weight is 303 g/mol. The summed E-state index contributed by atoms with van der Waals surface area (Å²) in [5.41, 5.74) is 1.12. The molecule has 4 heteroatoms. The summed E-state index contributed by atoms with van der Waals surface area (Å²) in [6.45, 7) is 1.78. The topological polar surface area (TPSA) is 43.1 Å². The smallest absolute Gasteiger partial charge is 0.246 e. The van der Waals surface area contributed by atoms with Gasteiger partial charge in [0.25, 0.3) is 0 Å². The van der Waals surface area contributed by atoms with Gasteiger partial charge in [0.15, 0.2) is 0 Å². The van der Waals surface area contributed by atoms with Crippen LogP contribution in [0.5, 0.6) is 0 Å². The van der Waals surface area contributed by atoms with Gasteiger partial charge in [-0.2, -0.15) is 0 Å². The van der Waals surface area contributed by atoms with E-state index in [4.69, 9.17) is 0 Å².